The van der Waals surface area contributed by atoms with Gasteiger partial charge in [0, 0.05) is 42.3 Å². The average molecular weight is 380 g/mol. The highest BCUT2D eigenvalue weighted by Crippen LogP contribution is 2.37. The molecule has 0 aliphatic carbocycles. The Bertz CT molecular complexity index is 972. The van der Waals surface area contributed by atoms with E-state index in [2.05, 4.69) is 16.8 Å². The summed E-state index contributed by atoms with van der Waals surface area (Å²) in [6.45, 7) is 8.17. The topological polar surface area (TPSA) is 72.5 Å². The highest BCUT2D eigenvalue weighted by Gasteiger charge is 2.17. The van der Waals surface area contributed by atoms with Crippen LogP contribution in [0.15, 0.2) is 42.5 Å². The minimum absolute atomic E-state index is 0.0907. The van der Waals surface area contributed by atoms with E-state index < -0.39 is 0 Å². The number of hydrogen-bond acceptors (Lipinski definition) is 3. The molecule has 3 aromatic rings. The third kappa shape index (κ3) is 3.50. The Hall–Kier alpha value is -3.15. The number of nitrogens with two attached hydrogens (primary N) is 1. The fourth-order valence-corrected chi connectivity index (χ4v) is 3.55. The summed E-state index contributed by atoms with van der Waals surface area (Å²) in [4.78, 5) is 14.0. The summed E-state index contributed by atoms with van der Waals surface area (Å²) in [5.74, 6) is 0.806. The second kappa shape index (κ2) is 8.25. The lowest BCUT2D eigenvalue weighted by atomic mass is 10.1. The van der Waals surface area contributed by atoms with Crippen LogP contribution in [0.3, 0.4) is 0 Å². The Morgan fingerprint density at radius 3 is 2.36 bits per heavy atom. The number of carbonyl (C=O) groups excluding carboxylic acids is 1. The molecule has 3 rings (SSSR count). The second-order valence-corrected chi connectivity index (χ2v) is 6.57. The number of aryl methyl sites for hydroxylation is 1. The van der Waals surface area contributed by atoms with Crippen LogP contribution in [0.5, 0.6) is 5.75 Å². The number of benzene rings is 2. The molecule has 0 unspecified atom stereocenters. The van der Waals surface area contributed by atoms with Crippen molar-refractivity contribution in [1.82, 2.24) is 9.47 Å². The lowest BCUT2D eigenvalue weighted by Crippen LogP contribution is -2.34. The number of hydrogen-bond donors (Lipinski definition) is 2. The number of ether oxygens (including phenoxy) is 1. The van der Waals surface area contributed by atoms with E-state index >= 15 is 0 Å². The molecular weight excluding hydrogens is 352 g/mol. The van der Waals surface area contributed by atoms with Crippen LogP contribution in [-0.4, -0.2) is 35.7 Å². The van der Waals surface area contributed by atoms with Gasteiger partial charge in [-0.3, -0.25) is 0 Å². The molecule has 148 valence electrons. The maximum Gasteiger partial charge on any atom is 0.321 e. The summed E-state index contributed by atoms with van der Waals surface area (Å²) in [7, 11) is 1.66. The molecule has 1 aromatic heterocycles. The fourth-order valence-electron chi connectivity index (χ4n) is 3.55. The Labute approximate surface area is 165 Å². The van der Waals surface area contributed by atoms with Gasteiger partial charge in [-0.2, -0.15) is 0 Å². The predicted octanol–water partition coefficient (Wildman–Crippen LogP) is 4.79. The molecule has 0 radical (unpaired) electrons. The van der Waals surface area contributed by atoms with Crippen molar-refractivity contribution >= 4 is 28.3 Å². The smallest absolute Gasteiger partial charge is 0.321 e. The van der Waals surface area contributed by atoms with Crippen molar-refractivity contribution in [2.45, 2.75) is 27.3 Å². The van der Waals surface area contributed by atoms with Crippen molar-refractivity contribution in [3.8, 4) is 17.0 Å². The predicted molar refractivity (Wildman–Crippen MR) is 116 cm³/mol. The van der Waals surface area contributed by atoms with Gasteiger partial charge in [0.05, 0.1) is 24.0 Å². The second-order valence-electron chi connectivity index (χ2n) is 6.57. The van der Waals surface area contributed by atoms with E-state index in [1.165, 1.54) is 0 Å². The number of rotatable bonds is 6. The summed E-state index contributed by atoms with van der Waals surface area (Å²) in [5, 5.41) is 3.95. The largest absolute Gasteiger partial charge is 0.497 e. The van der Waals surface area contributed by atoms with Crippen LogP contribution in [0.1, 0.15) is 20.8 Å². The fraction of sp³-hybridized carbons (Fsp3) is 0.318. The first-order chi connectivity index (χ1) is 13.5. The van der Waals surface area contributed by atoms with Gasteiger partial charge in [-0.1, -0.05) is 12.1 Å². The lowest BCUT2D eigenvalue weighted by Gasteiger charge is -2.19. The highest BCUT2D eigenvalue weighted by atomic mass is 16.5. The summed E-state index contributed by atoms with van der Waals surface area (Å²) < 4.78 is 7.56. The average Bonchev–Trinajstić information content (AvgIpc) is 3.00. The quantitative estimate of drug-likeness (QED) is 0.646. The van der Waals surface area contributed by atoms with Gasteiger partial charge in [0.15, 0.2) is 0 Å². The summed E-state index contributed by atoms with van der Waals surface area (Å²) in [5.41, 5.74) is 11.0. The van der Waals surface area contributed by atoms with Gasteiger partial charge in [0.2, 0.25) is 0 Å². The SMILES string of the molecule is CCN(CC)C(=O)Nc1ccc(-c2c(N)c3ccc(OC)cc3n2CC)cc1. The molecule has 1 heterocycles. The molecule has 6 nitrogen and oxygen atoms in total. The van der Waals surface area contributed by atoms with Crippen molar-refractivity contribution in [3.05, 3.63) is 42.5 Å². The number of carbonyl (C=O) groups is 1. The van der Waals surface area contributed by atoms with Gasteiger partial charge < -0.3 is 25.3 Å². The number of urea groups is 1. The minimum Gasteiger partial charge on any atom is -0.497 e. The molecule has 0 fully saturated rings. The molecule has 0 atom stereocenters. The zero-order valence-corrected chi connectivity index (χ0v) is 17.0. The first-order valence-corrected chi connectivity index (χ1v) is 9.66. The van der Waals surface area contributed by atoms with Crippen molar-refractivity contribution in [3.63, 3.8) is 0 Å². The number of nitrogens with zero attached hydrogens (tertiary/aromatic N) is 2. The number of methoxy groups -OCH3 is 1. The van der Waals surface area contributed by atoms with E-state index in [0.29, 0.717) is 13.1 Å². The van der Waals surface area contributed by atoms with Gasteiger partial charge in [-0.25, -0.2) is 4.79 Å². The molecular formula is C22H28N4O2. The standard InChI is InChI=1S/C22H28N4O2/c1-5-25(6-2)22(27)24-16-10-8-15(9-11-16)21-20(23)18-13-12-17(28-4)14-19(18)26(21)7-3/h8-14H,5-7,23H2,1-4H3,(H,24,27). The van der Waals surface area contributed by atoms with Crippen LogP contribution in [0.25, 0.3) is 22.2 Å². The van der Waals surface area contributed by atoms with Crippen molar-refractivity contribution < 1.29 is 9.53 Å². The number of anilines is 2. The van der Waals surface area contributed by atoms with Gasteiger partial charge in [-0.15, -0.1) is 0 Å². The van der Waals surface area contributed by atoms with Crippen LogP contribution in [0, 0.1) is 0 Å². The summed E-state index contributed by atoms with van der Waals surface area (Å²) in [6.07, 6.45) is 0. The van der Waals surface area contributed by atoms with E-state index in [1.807, 2.05) is 56.3 Å². The van der Waals surface area contributed by atoms with Crippen LogP contribution in [0.4, 0.5) is 16.2 Å². The molecule has 0 saturated heterocycles. The third-order valence-electron chi connectivity index (χ3n) is 5.09. The number of fused-ring (bicyclic) bond motifs is 1. The normalized spacial score (nSPS) is 10.9. The molecule has 6 heteroatoms. The zero-order valence-electron chi connectivity index (χ0n) is 17.0. The molecule has 0 bridgehead atoms. The maximum absolute atomic E-state index is 12.2. The van der Waals surface area contributed by atoms with E-state index in [9.17, 15) is 4.79 Å². The van der Waals surface area contributed by atoms with Gasteiger partial charge in [0.1, 0.15) is 5.75 Å². The Balaban J connectivity index is 1.97. The maximum atomic E-state index is 12.2. The van der Waals surface area contributed by atoms with Crippen LogP contribution in [0.2, 0.25) is 0 Å². The Kier molecular flexibility index (Phi) is 5.78. The number of nitrogen functional groups attached to an aromatic ring is 1. The van der Waals surface area contributed by atoms with Crippen molar-refractivity contribution in [2.24, 2.45) is 0 Å². The van der Waals surface area contributed by atoms with Gasteiger partial charge >= 0.3 is 6.03 Å². The van der Waals surface area contributed by atoms with Crippen molar-refractivity contribution in [2.75, 3.05) is 31.2 Å². The highest BCUT2D eigenvalue weighted by molar-refractivity contribution is 6.01. The first kappa shape index (κ1) is 19.6. The molecule has 2 aromatic carbocycles. The molecule has 0 aliphatic rings. The summed E-state index contributed by atoms with van der Waals surface area (Å²) >= 11 is 0. The molecule has 28 heavy (non-hydrogen) atoms. The molecule has 0 aliphatic heterocycles. The molecule has 3 N–H and O–H groups in total. The van der Waals surface area contributed by atoms with Gasteiger partial charge in [-0.05, 0) is 45.0 Å². The number of amides is 2. The summed E-state index contributed by atoms with van der Waals surface area (Å²) in [6, 6.07) is 13.6. The zero-order chi connectivity index (χ0) is 20.3. The van der Waals surface area contributed by atoms with Crippen molar-refractivity contribution in [1.29, 1.82) is 0 Å². The van der Waals surface area contributed by atoms with E-state index in [-0.39, 0.29) is 6.03 Å². The van der Waals surface area contributed by atoms with Crippen LogP contribution in [-0.2, 0) is 6.54 Å². The first-order valence-electron chi connectivity index (χ1n) is 9.66. The molecule has 0 spiro atoms. The van der Waals surface area contributed by atoms with Crippen LogP contribution < -0.4 is 15.8 Å². The number of aromatic nitrogens is 1. The molecule has 0 saturated carbocycles. The monoisotopic (exact) mass is 380 g/mol. The number of nitrogens with one attached hydrogen (secondary N) is 1. The van der Waals surface area contributed by atoms with Gasteiger partial charge in [0.25, 0.3) is 0 Å². The van der Waals surface area contributed by atoms with E-state index in [1.54, 1.807) is 12.0 Å². The Morgan fingerprint density at radius 2 is 1.79 bits per heavy atom. The minimum atomic E-state index is -0.0907. The third-order valence-corrected chi connectivity index (χ3v) is 5.09. The van der Waals surface area contributed by atoms with Crippen LogP contribution >= 0.6 is 0 Å². The van der Waals surface area contributed by atoms with E-state index in [0.717, 1.165) is 45.8 Å². The Morgan fingerprint density at radius 1 is 1.11 bits per heavy atom. The lowest BCUT2D eigenvalue weighted by molar-refractivity contribution is 0.217. The van der Waals surface area contributed by atoms with E-state index in [4.69, 9.17) is 10.5 Å². The molecule has 2 amide bonds.